The fourth-order valence-corrected chi connectivity index (χ4v) is 2.73. The summed E-state index contributed by atoms with van der Waals surface area (Å²) in [4.78, 5) is 4.58. The first kappa shape index (κ1) is 15.6. The van der Waals surface area contributed by atoms with E-state index in [-0.39, 0.29) is 0 Å². The highest BCUT2D eigenvalue weighted by Gasteiger charge is 2.16. The lowest BCUT2D eigenvalue weighted by Gasteiger charge is -2.14. The average molecular weight is 310 g/mol. The van der Waals surface area contributed by atoms with Crippen molar-refractivity contribution in [2.24, 2.45) is 0 Å². The van der Waals surface area contributed by atoms with Crippen LogP contribution in [0.25, 0.3) is 11.0 Å². The van der Waals surface area contributed by atoms with Gasteiger partial charge in [0.25, 0.3) is 0 Å². The van der Waals surface area contributed by atoms with Gasteiger partial charge in [-0.15, -0.1) is 0 Å². The summed E-state index contributed by atoms with van der Waals surface area (Å²) in [5.74, 6) is 1.61. The first-order valence-corrected chi connectivity index (χ1v) is 8.02. The van der Waals surface area contributed by atoms with Crippen molar-refractivity contribution in [3.8, 4) is 5.75 Å². The van der Waals surface area contributed by atoms with Gasteiger partial charge in [-0.2, -0.15) is 0 Å². The normalized spacial score (nSPS) is 12.5. The number of imidazole rings is 1. The number of benzene rings is 2. The lowest BCUT2D eigenvalue weighted by atomic mass is 10.2. The van der Waals surface area contributed by atoms with E-state index >= 15 is 0 Å². The molecule has 0 fully saturated rings. The van der Waals surface area contributed by atoms with Gasteiger partial charge in [-0.05, 0) is 37.1 Å². The third-order valence-corrected chi connectivity index (χ3v) is 4.03. The number of aromatic nitrogens is 2. The third kappa shape index (κ3) is 3.22. The average Bonchev–Trinajstić information content (AvgIpc) is 2.95. The highest BCUT2D eigenvalue weighted by atomic mass is 16.5. The number of fused-ring (bicyclic) bond motifs is 1. The zero-order valence-electron chi connectivity index (χ0n) is 13.6. The van der Waals surface area contributed by atoms with Gasteiger partial charge in [0.05, 0.1) is 17.6 Å². The first-order chi connectivity index (χ1) is 11.2. The molecule has 0 radical (unpaired) electrons. The predicted octanol–water partition coefficient (Wildman–Crippen LogP) is 3.87. The van der Waals surface area contributed by atoms with E-state index in [4.69, 9.17) is 4.74 Å². The fraction of sp³-hybridized carbons (Fsp3) is 0.316. The van der Waals surface area contributed by atoms with E-state index in [1.54, 1.807) is 0 Å². The van der Waals surface area contributed by atoms with E-state index in [0.717, 1.165) is 22.3 Å². The Morgan fingerprint density at radius 1 is 1.13 bits per heavy atom. The summed E-state index contributed by atoms with van der Waals surface area (Å²) in [7, 11) is 0. The van der Waals surface area contributed by atoms with Gasteiger partial charge in [-0.25, -0.2) is 4.98 Å². The summed E-state index contributed by atoms with van der Waals surface area (Å²) in [5.41, 5.74) is 3.06. The Labute approximate surface area is 136 Å². The Morgan fingerprint density at radius 3 is 2.65 bits per heavy atom. The lowest BCUT2D eigenvalue weighted by molar-refractivity contribution is 0.157. The summed E-state index contributed by atoms with van der Waals surface area (Å²) in [6.45, 7) is 5.18. The molecule has 0 saturated carbocycles. The van der Waals surface area contributed by atoms with Crippen LogP contribution in [0.4, 0.5) is 0 Å². The molecule has 120 valence electrons. The van der Waals surface area contributed by atoms with E-state index in [0.29, 0.717) is 25.4 Å². The van der Waals surface area contributed by atoms with E-state index in [1.807, 2.05) is 62.4 Å². The number of rotatable bonds is 6. The Hall–Kier alpha value is -2.33. The van der Waals surface area contributed by atoms with E-state index in [2.05, 4.69) is 9.55 Å². The molecule has 0 saturated heterocycles. The number of aliphatic hydroxyl groups excluding tert-OH is 1. The summed E-state index contributed by atoms with van der Waals surface area (Å²) < 4.78 is 7.95. The minimum Gasteiger partial charge on any atom is -0.491 e. The molecule has 4 heteroatoms. The van der Waals surface area contributed by atoms with Crippen LogP contribution in [0.15, 0.2) is 48.5 Å². The molecule has 0 aliphatic carbocycles. The summed E-state index contributed by atoms with van der Waals surface area (Å²) in [5, 5.41) is 10.2. The van der Waals surface area contributed by atoms with Crippen LogP contribution >= 0.6 is 0 Å². The lowest BCUT2D eigenvalue weighted by Crippen LogP contribution is -2.14. The molecule has 1 aromatic heterocycles. The maximum absolute atomic E-state index is 10.2. The SMILES string of the molecule is CC[C@@H](O)c1nc2ccccc2n1CCOc1ccccc1C. The Kier molecular flexibility index (Phi) is 4.63. The molecule has 0 unspecified atom stereocenters. The molecular formula is C19H22N2O2. The van der Waals surface area contributed by atoms with Crippen LogP contribution in [0, 0.1) is 6.92 Å². The zero-order chi connectivity index (χ0) is 16.2. The molecule has 0 aliphatic heterocycles. The maximum atomic E-state index is 10.2. The van der Waals surface area contributed by atoms with E-state index in [9.17, 15) is 5.11 Å². The second-order valence-electron chi connectivity index (χ2n) is 5.65. The second-order valence-corrected chi connectivity index (χ2v) is 5.65. The molecule has 0 amide bonds. The summed E-state index contributed by atoms with van der Waals surface area (Å²) in [6, 6.07) is 15.9. The largest absolute Gasteiger partial charge is 0.491 e. The van der Waals surface area contributed by atoms with Crippen molar-refractivity contribution in [2.75, 3.05) is 6.61 Å². The molecule has 0 aliphatic rings. The molecule has 1 atom stereocenters. The topological polar surface area (TPSA) is 47.3 Å². The number of nitrogens with zero attached hydrogens (tertiary/aromatic N) is 2. The van der Waals surface area contributed by atoms with Crippen LogP contribution in [0.2, 0.25) is 0 Å². The van der Waals surface area contributed by atoms with Crippen molar-refractivity contribution in [1.82, 2.24) is 9.55 Å². The highest BCUT2D eigenvalue weighted by molar-refractivity contribution is 5.76. The van der Waals surface area contributed by atoms with E-state index < -0.39 is 6.10 Å². The van der Waals surface area contributed by atoms with Crippen molar-refractivity contribution in [3.63, 3.8) is 0 Å². The molecule has 0 spiro atoms. The van der Waals surface area contributed by atoms with Crippen LogP contribution in [0.1, 0.15) is 30.8 Å². The van der Waals surface area contributed by atoms with Gasteiger partial charge in [0.15, 0.2) is 0 Å². The molecule has 3 aromatic rings. The molecular weight excluding hydrogens is 288 g/mol. The molecule has 1 N–H and O–H groups in total. The number of hydrogen-bond donors (Lipinski definition) is 1. The molecule has 2 aromatic carbocycles. The van der Waals surface area contributed by atoms with Crippen LogP contribution in [0.3, 0.4) is 0 Å². The van der Waals surface area contributed by atoms with Crippen LogP contribution in [-0.4, -0.2) is 21.3 Å². The number of aliphatic hydroxyl groups is 1. The number of ether oxygens (including phenoxy) is 1. The van der Waals surface area contributed by atoms with Crippen molar-refractivity contribution >= 4 is 11.0 Å². The van der Waals surface area contributed by atoms with Crippen LogP contribution in [-0.2, 0) is 6.54 Å². The monoisotopic (exact) mass is 310 g/mol. The maximum Gasteiger partial charge on any atom is 0.138 e. The van der Waals surface area contributed by atoms with Gasteiger partial charge in [-0.3, -0.25) is 0 Å². The molecule has 0 bridgehead atoms. The third-order valence-electron chi connectivity index (χ3n) is 4.03. The molecule has 1 heterocycles. The zero-order valence-corrected chi connectivity index (χ0v) is 13.6. The molecule has 23 heavy (non-hydrogen) atoms. The molecule has 4 nitrogen and oxygen atoms in total. The van der Waals surface area contributed by atoms with Crippen molar-refractivity contribution < 1.29 is 9.84 Å². The first-order valence-electron chi connectivity index (χ1n) is 8.02. The Morgan fingerprint density at radius 2 is 1.87 bits per heavy atom. The van der Waals surface area contributed by atoms with Gasteiger partial charge in [-0.1, -0.05) is 37.3 Å². The van der Waals surface area contributed by atoms with Crippen LogP contribution in [0.5, 0.6) is 5.75 Å². The van der Waals surface area contributed by atoms with E-state index in [1.165, 1.54) is 0 Å². The van der Waals surface area contributed by atoms with Gasteiger partial charge in [0.2, 0.25) is 0 Å². The molecule has 3 rings (SSSR count). The van der Waals surface area contributed by atoms with Crippen LogP contribution < -0.4 is 4.74 Å². The Balaban J connectivity index is 1.82. The van der Waals surface area contributed by atoms with Crippen molar-refractivity contribution in [3.05, 3.63) is 59.9 Å². The quantitative estimate of drug-likeness (QED) is 0.752. The number of hydrogen-bond acceptors (Lipinski definition) is 3. The van der Waals surface area contributed by atoms with Gasteiger partial charge in [0.1, 0.15) is 24.3 Å². The van der Waals surface area contributed by atoms with Gasteiger partial charge >= 0.3 is 0 Å². The predicted molar refractivity (Wildman–Crippen MR) is 91.7 cm³/mol. The minimum atomic E-state index is -0.555. The van der Waals surface area contributed by atoms with Crippen molar-refractivity contribution in [1.29, 1.82) is 0 Å². The second kappa shape index (κ2) is 6.84. The highest BCUT2D eigenvalue weighted by Crippen LogP contribution is 2.23. The fourth-order valence-electron chi connectivity index (χ4n) is 2.73. The summed E-state index contributed by atoms with van der Waals surface area (Å²) >= 11 is 0. The number of aryl methyl sites for hydroxylation is 1. The number of para-hydroxylation sites is 3. The standard InChI is InChI=1S/C19H22N2O2/c1-3-17(22)19-20-15-9-5-6-10-16(15)21(19)12-13-23-18-11-7-4-8-14(18)2/h4-11,17,22H,3,12-13H2,1-2H3/t17-/m1/s1. The van der Waals surface area contributed by atoms with Crippen molar-refractivity contribution in [2.45, 2.75) is 32.9 Å². The van der Waals surface area contributed by atoms with Gasteiger partial charge < -0.3 is 14.4 Å². The summed E-state index contributed by atoms with van der Waals surface area (Å²) in [6.07, 6.45) is 0.0861. The minimum absolute atomic E-state index is 0.536. The Bertz CT molecular complexity index is 795. The van der Waals surface area contributed by atoms with Gasteiger partial charge in [0, 0.05) is 0 Å². The smallest absolute Gasteiger partial charge is 0.138 e.